The van der Waals surface area contributed by atoms with Crippen LogP contribution < -0.4 is 25.3 Å². The summed E-state index contributed by atoms with van der Waals surface area (Å²) >= 11 is 0. The second-order valence-corrected chi connectivity index (χ2v) is 5.72. The number of hydrogen-bond donors (Lipinski definition) is 2. The van der Waals surface area contributed by atoms with Gasteiger partial charge in [0.25, 0.3) is 0 Å². The van der Waals surface area contributed by atoms with Gasteiger partial charge >= 0.3 is 0 Å². The number of hydrogen-bond acceptors (Lipinski definition) is 4. The van der Waals surface area contributed by atoms with Crippen LogP contribution in [0.5, 0.6) is 17.2 Å². The standard InChI is InChI=1S/C18H19N3O3/c19-18(20-10-12-4-3-7-16-17(12)24-11-23-16)21-14-8-9-22-15-6-2-1-5-13(14)15/h1-7,14H,8-11H2,(H3,19,20,21). The molecule has 3 N–H and O–H groups in total. The van der Waals surface area contributed by atoms with Crippen molar-refractivity contribution in [2.24, 2.45) is 10.7 Å². The molecule has 24 heavy (non-hydrogen) atoms. The molecule has 2 heterocycles. The minimum Gasteiger partial charge on any atom is -0.493 e. The van der Waals surface area contributed by atoms with E-state index in [0.717, 1.165) is 34.8 Å². The predicted molar refractivity (Wildman–Crippen MR) is 90.3 cm³/mol. The Labute approximate surface area is 140 Å². The van der Waals surface area contributed by atoms with E-state index in [2.05, 4.69) is 16.4 Å². The van der Waals surface area contributed by atoms with Gasteiger partial charge < -0.3 is 25.3 Å². The first-order valence-corrected chi connectivity index (χ1v) is 7.97. The predicted octanol–water partition coefficient (Wildman–Crippen LogP) is 2.34. The average molecular weight is 325 g/mol. The molecule has 2 aliphatic rings. The molecule has 0 saturated heterocycles. The molecule has 4 rings (SSSR count). The van der Waals surface area contributed by atoms with Gasteiger partial charge in [-0.05, 0) is 12.1 Å². The van der Waals surface area contributed by atoms with E-state index in [1.54, 1.807) is 0 Å². The van der Waals surface area contributed by atoms with Crippen molar-refractivity contribution in [3.63, 3.8) is 0 Å². The highest BCUT2D eigenvalue weighted by molar-refractivity contribution is 5.78. The summed E-state index contributed by atoms with van der Waals surface area (Å²) in [6, 6.07) is 13.9. The number of nitrogens with zero attached hydrogens (tertiary/aromatic N) is 1. The van der Waals surface area contributed by atoms with Crippen molar-refractivity contribution in [3.8, 4) is 17.2 Å². The van der Waals surface area contributed by atoms with Crippen molar-refractivity contribution in [2.45, 2.75) is 19.0 Å². The van der Waals surface area contributed by atoms with Crippen LogP contribution >= 0.6 is 0 Å². The van der Waals surface area contributed by atoms with Gasteiger partial charge in [-0.25, -0.2) is 4.99 Å². The van der Waals surface area contributed by atoms with Crippen molar-refractivity contribution in [3.05, 3.63) is 53.6 Å². The number of nitrogens with one attached hydrogen (secondary N) is 1. The van der Waals surface area contributed by atoms with Crippen LogP contribution in [0, 0.1) is 0 Å². The van der Waals surface area contributed by atoms with Gasteiger partial charge in [0.1, 0.15) is 5.75 Å². The summed E-state index contributed by atoms with van der Waals surface area (Å²) in [5.41, 5.74) is 8.15. The Morgan fingerprint density at radius 3 is 2.92 bits per heavy atom. The number of aliphatic imine (C=N–C) groups is 1. The SMILES string of the molecule is NC(=NCc1cccc2c1OCO2)NC1CCOc2ccccc21. The Bertz CT molecular complexity index is 776. The maximum absolute atomic E-state index is 6.08. The summed E-state index contributed by atoms with van der Waals surface area (Å²) in [4.78, 5) is 4.45. The third kappa shape index (κ3) is 2.82. The van der Waals surface area contributed by atoms with Gasteiger partial charge in [-0.3, -0.25) is 0 Å². The third-order valence-electron chi connectivity index (χ3n) is 4.18. The smallest absolute Gasteiger partial charge is 0.231 e. The van der Waals surface area contributed by atoms with E-state index in [1.807, 2.05) is 36.4 Å². The van der Waals surface area contributed by atoms with E-state index in [-0.39, 0.29) is 12.8 Å². The van der Waals surface area contributed by atoms with E-state index in [0.29, 0.717) is 19.1 Å². The van der Waals surface area contributed by atoms with Gasteiger partial charge in [0.15, 0.2) is 17.5 Å². The van der Waals surface area contributed by atoms with Gasteiger partial charge in [-0.1, -0.05) is 30.3 Å². The van der Waals surface area contributed by atoms with E-state index >= 15 is 0 Å². The molecule has 6 nitrogen and oxygen atoms in total. The minimum atomic E-state index is 0.111. The Hall–Kier alpha value is -2.89. The molecule has 0 spiro atoms. The molecule has 2 aromatic rings. The molecule has 2 aromatic carbocycles. The molecule has 0 saturated carbocycles. The number of fused-ring (bicyclic) bond motifs is 2. The van der Waals surface area contributed by atoms with E-state index in [9.17, 15) is 0 Å². The number of nitrogens with two attached hydrogens (primary N) is 1. The van der Waals surface area contributed by atoms with Gasteiger partial charge in [-0.15, -0.1) is 0 Å². The molecule has 0 aliphatic carbocycles. The lowest BCUT2D eigenvalue weighted by atomic mass is 10.0. The number of para-hydroxylation sites is 2. The lowest BCUT2D eigenvalue weighted by Crippen LogP contribution is -2.37. The summed E-state index contributed by atoms with van der Waals surface area (Å²) < 4.78 is 16.5. The zero-order chi connectivity index (χ0) is 16.4. The lowest BCUT2D eigenvalue weighted by Gasteiger charge is -2.26. The highest BCUT2D eigenvalue weighted by Gasteiger charge is 2.21. The normalized spacial score (nSPS) is 18.7. The first kappa shape index (κ1) is 14.7. The fraction of sp³-hybridized carbons (Fsp3) is 0.278. The first-order chi connectivity index (χ1) is 11.8. The highest BCUT2D eigenvalue weighted by Crippen LogP contribution is 2.35. The van der Waals surface area contributed by atoms with Crippen LogP contribution in [-0.4, -0.2) is 19.4 Å². The van der Waals surface area contributed by atoms with Crippen molar-refractivity contribution in [1.82, 2.24) is 5.32 Å². The van der Waals surface area contributed by atoms with Gasteiger partial charge in [-0.2, -0.15) is 0 Å². The summed E-state index contributed by atoms with van der Waals surface area (Å²) in [7, 11) is 0. The molecule has 0 aromatic heterocycles. The van der Waals surface area contributed by atoms with E-state index in [1.165, 1.54) is 0 Å². The van der Waals surface area contributed by atoms with Crippen molar-refractivity contribution in [2.75, 3.05) is 13.4 Å². The zero-order valence-corrected chi connectivity index (χ0v) is 13.2. The Kier molecular flexibility index (Phi) is 3.86. The van der Waals surface area contributed by atoms with Crippen LogP contribution in [0.3, 0.4) is 0 Å². The molecular formula is C18H19N3O3. The Morgan fingerprint density at radius 1 is 1.08 bits per heavy atom. The molecule has 1 unspecified atom stereocenters. The van der Waals surface area contributed by atoms with Crippen molar-refractivity contribution in [1.29, 1.82) is 0 Å². The monoisotopic (exact) mass is 325 g/mol. The van der Waals surface area contributed by atoms with Crippen LogP contribution in [0.2, 0.25) is 0 Å². The molecule has 0 amide bonds. The van der Waals surface area contributed by atoms with Gasteiger partial charge in [0, 0.05) is 17.5 Å². The van der Waals surface area contributed by atoms with E-state index < -0.39 is 0 Å². The molecule has 0 fully saturated rings. The number of rotatable bonds is 3. The molecular weight excluding hydrogens is 306 g/mol. The molecule has 6 heteroatoms. The van der Waals surface area contributed by atoms with Crippen LogP contribution in [0.4, 0.5) is 0 Å². The summed E-state index contributed by atoms with van der Waals surface area (Å²) in [6.45, 7) is 1.36. The van der Waals surface area contributed by atoms with Crippen LogP contribution in [0.15, 0.2) is 47.5 Å². The fourth-order valence-corrected chi connectivity index (χ4v) is 3.00. The number of benzene rings is 2. The summed E-state index contributed by atoms with van der Waals surface area (Å²) in [6.07, 6.45) is 0.852. The second-order valence-electron chi connectivity index (χ2n) is 5.72. The average Bonchev–Trinajstić information content (AvgIpc) is 3.09. The Morgan fingerprint density at radius 2 is 1.96 bits per heavy atom. The maximum atomic E-state index is 6.08. The largest absolute Gasteiger partial charge is 0.493 e. The lowest BCUT2D eigenvalue weighted by molar-refractivity contribution is 0.173. The number of ether oxygens (including phenoxy) is 3. The van der Waals surface area contributed by atoms with Crippen molar-refractivity contribution < 1.29 is 14.2 Å². The van der Waals surface area contributed by atoms with Crippen LogP contribution in [0.25, 0.3) is 0 Å². The Balaban J connectivity index is 1.47. The quantitative estimate of drug-likeness (QED) is 0.669. The van der Waals surface area contributed by atoms with Crippen molar-refractivity contribution >= 4 is 5.96 Å². The molecule has 0 bridgehead atoms. The maximum Gasteiger partial charge on any atom is 0.231 e. The van der Waals surface area contributed by atoms with Gasteiger partial charge in [0.05, 0.1) is 19.2 Å². The minimum absolute atomic E-state index is 0.111. The molecule has 1 atom stereocenters. The fourth-order valence-electron chi connectivity index (χ4n) is 3.00. The van der Waals surface area contributed by atoms with Crippen LogP contribution in [-0.2, 0) is 6.54 Å². The van der Waals surface area contributed by atoms with Crippen LogP contribution in [0.1, 0.15) is 23.6 Å². The summed E-state index contributed by atoms with van der Waals surface area (Å²) in [5, 5.41) is 3.29. The zero-order valence-electron chi connectivity index (χ0n) is 13.2. The first-order valence-electron chi connectivity index (χ1n) is 7.97. The number of guanidine groups is 1. The third-order valence-corrected chi connectivity index (χ3v) is 4.18. The van der Waals surface area contributed by atoms with E-state index in [4.69, 9.17) is 19.9 Å². The molecule has 124 valence electrons. The molecule has 2 aliphatic heterocycles. The topological polar surface area (TPSA) is 78.1 Å². The summed E-state index contributed by atoms with van der Waals surface area (Å²) in [5.74, 6) is 2.83. The molecule has 0 radical (unpaired) electrons. The van der Waals surface area contributed by atoms with Gasteiger partial charge in [0.2, 0.25) is 6.79 Å². The highest BCUT2D eigenvalue weighted by atomic mass is 16.7. The second kappa shape index (κ2) is 6.31.